The molecular formula is C23H22N4O2. The largest absolute Gasteiger partial charge is 0.421 e. The Hall–Kier alpha value is -3.41. The number of aryl methyl sites for hydroxylation is 2. The second kappa shape index (κ2) is 7.20. The Labute approximate surface area is 168 Å². The lowest BCUT2D eigenvalue weighted by Crippen LogP contribution is -2.37. The van der Waals surface area contributed by atoms with E-state index in [1.165, 1.54) is 5.56 Å². The van der Waals surface area contributed by atoms with Gasteiger partial charge in [-0.25, -0.2) is 0 Å². The Balaban J connectivity index is 1.51. The van der Waals surface area contributed by atoms with Crippen LogP contribution < -0.4 is 4.90 Å². The summed E-state index contributed by atoms with van der Waals surface area (Å²) in [6.45, 7) is 3.00. The topological polar surface area (TPSA) is 64.2 Å². The molecule has 0 saturated heterocycles. The summed E-state index contributed by atoms with van der Waals surface area (Å²) < 4.78 is 7.76. The second-order valence-electron chi connectivity index (χ2n) is 7.32. The van der Waals surface area contributed by atoms with Crippen LogP contribution in [0.25, 0.3) is 22.4 Å². The molecular weight excluding hydrogens is 364 g/mol. The lowest BCUT2D eigenvalue weighted by atomic mass is 10.0. The molecule has 0 N–H and O–H groups in total. The van der Waals surface area contributed by atoms with Gasteiger partial charge in [0.25, 0.3) is 0 Å². The minimum Gasteiger partial charge on any atom is -0.421 e. The monoisotopic (exact) mass is 386 g/mol. The van der Waals surface area contributed by atoms with E-state index in [1.54, 1.807) is 0 Å². The molecule has 0 bridgehead atoms. The SMILES string of the molecule is CCc1nnc(-c2cn(CC(=O)N3CCCc4ccccc43)c3ccccc23)o1. The number of carbonyl (C=O) groups is 1. The number of carbonyl (C=O) groups excluding carboxylic acids is 1. The van der Waals surface area contributed by atoms with E-state index in [1.807, 2.05) is 65.1 Å². The van der Waals surface area contributed by atoms with Gasteiger partial charge in [0.1, 0.15) is 6.54 Å². The fourth-order valence-corrected chi connectivity index (χ4v) is 4.08. The van der Waals surface area contributed by atoms with Crippen molar-refractivity contribution in [2.24, 2.45) is 0 Å². The molecule has 0 aliphatic carbocycles. The van der Waals surface area contributed by atoms with E-state index in [4.69, 9.17) is 4.42 Å². The average molecular weight is 386 g/mol. The Morgan fingerprint density at radius 3 is 2.79 bits per heavy atom. The number of rotatable bonds is 4. The zero-order valence-corrected chi connectivity index (χ0v) is 16.3. The third-order valence-corrected chi connectivity index (χ3v) is 5.51. The first-order valence-electron chi connectivity index (χ1n) is 10.0. The van der Waals surface area contributed by atoms with Crippen LogP contribution in [0.2, 0.25) is 0 Å². The van der Waals surface area contributed by atoms with Crippen molar-refractivity contribution in [3.05, 3.63) is 66.2 Å². The quantitative estimate of drug-likeness (QED) is 0.526. The van der Waals surface area contributed by atoms with Crippen LogP contribution in [0.1, 0.15) is 24.8 Å². The molecule has 2 aromatic carbocycles. The molecule has 0 atom stereocenters. The Kier molecular flexibility index (Phi) is 4.39. The fourth-order valence-electron chi connectivity index (χ4n) is 4.08. The molecule has 0 saturated carbocycles. The molecule has 6 heteroatoms. The van der Waals surface area contributed by atoms with Crippen LogP contribution >= 0.6 is 0 Å². The van der Waals surface area contributed by atoms with Gasteiger partial charge in [-0.2, -0.15) is 0 Å². The van der Waals surface area contributed by atoms with E-state index >= 15 is 0 Å². The Morgan fingerprint density at radius 2 is 1.93 bits per heavy atom. The van der Waals surface area contributed by atoms with Gasteiger partial charge in [-0.1, -0.05) is 43.3 Å². The Morgan fingerprint density at radius 1 is 1.10 bits per heavy atom. The summed E-state index contributed by atoms with van der Waals surface area (Å²) in [5, 5.41) is 9.28. The molecule has 1 aliphatic heterocycles. The maximum Gasteiger partial charge on any atom is 0.249 e. The zero-order chi connectivity index (χ0) is 19.8. The number of anilines is 1. The van der Waals surface area contributed by atoms with Crippen LogP contribution in [0, 0.1) is 0 Å². The van der Waals surface area contributed by atoms with E-state index in [-0.39, 0.29) is 12.5 Å². The summed E-state index contributed by atoms with van der Waals surface area (Å²) in [7, 11) is 0. The van der Waals surface area contributed by atoms with Crippen LogP contribution in [-0.2, 0) is 24.2 Å². The smallest absolute Gasteiger partial charge is 0.249 e. The van der Waals surface area contributed by atoms with Crippen molar-refractivity contribution < 1.29 is 9.21 Å². The third-order valence-electron chi connectivity index (χ3n) is 5.51. The number of aromatic nitrogens is 3. The van der Waals surface area contributed by atoms with Crippen LogP contribution in [0.4, 0.5) is 5.69 Å². The van der Waals surface area contributed by atoms with Crippen molar-refractivity contribution in [1.82, 2.24) is 14.8 Å². The average Bonchev–Trinajstić information content (AvgIpc) is 3.38. The normalized spacial score (nSPS) is 13.6. The number of para-hydroxylation sites is 2. The molecule has 1 aliphatic rings. The van der Waals surface area contributed by atoms with Gasteiger partial charge < -0.3 is 13.9 Å². The zero-order valence-electron chi connectivity index (χ0n) is 16.3. The summed E-state index contributed by atoms with van der Waals surface area (Å²) in [5.41, 5.74) is 4.12. The third kappa shape index (κ3) is 3.10. The summed E-state index contributed by atoms with van der Waals surface area (Å²) >= 11 is 0. The van der Waals surface area contributed by atoms with E-state index in [2.05, 4.69) is 16.3 Å². The number of amides is 1. The first kappa shape index (κ1) is 17.7. The molecule has 146 valence electrons. The van der Waals surface area contributed by atoms with E-state index in [0.717, 1.165) is 41.5 Å². The van der Waals surface area contributed by atoms with Crippen molar-refractivity contribution >= 4 is 22.5 Å². The fraction of sp³-hybridized carbons (Fsp3) is 0.261. The van der Waals surface area contributed by atoms with Crippen LogP contribution in [0.3, 0.4) is 0 Å². The van der Waals surface area contributed by atoms with Gasteiger partial charge in [0, 0.05) is 35.8 Å². The number of nitrogens with zero attached hydrogens (tertiary/aromatic N) is 4. The minimum absolute atomic E-state index is 0.0872. The highest BCUT2D eigenvalue weighted by Gasteiger charge is 2.23. The molecule has 5 rings (SSSR count). The summed E-state index contributed by atoms with van der Waals surface area (Å²) in [6.07, 6.45) is 4.65. The molecule has 0 spiro atoms. The lowest BCUT2D eigenvalue weighted by Gasteiger charge is -2.29. The van der Waals surface area contributed by atoms with E-state index < -0.39 is 0 Å². The maximum atomic E-state index is 13.2. The van der Waals surface area contributed by atoms with Gasteiger partial charge in [0.15, 0.2) is 0 Å². The lowest BCUT2D eigenvalue weighted by molar-refractivity contribution is -0.119. The van der Waals surface area contributed by atoms with Crippen molar-refractivity contribution in [3.63, 3.8) is 0 Å². The summed E-state index contributed by atoms with van der Waals surface area (Å²) in [4.78, 5) is 15.1. The number of hydrogen-bond donors (Lipinski definition) is 0. The molecule has 29 heavy (non-hydrogen) atoms. The number of hydrogen-bond acceptors (Lipinski definition) is 4. The first-order chi connectivity index (χ1) is 14.2. The summed E-state index contributed by atoms with van der Waals surface area (Å²) in [5.74, 6) is 1.19. The molecule has 0 radical (unpaired) electrons. The molecule has 4 aromatic rings. The molecule has 6 nitrogen and oxygen atoms in total. The molecule has 0 fully saturated rings. The van der Waals surface area contributed by atoms with Crippen molar-refractivity contribution in [1.29, 1.82) is 0 Å². The highest BCUT2D eigenvalue weighted by atomic mass is 16.4. The van der Waals surface area contributed by atoms with Gasteiger partial charge in [-0.15, -0.1) is 10.2 Å². The molecule has 2 aromatic heterocycles. The standard InChI is InChI=1S/C23H22N4O2/c1-2-21-24-25-23(29-21)18-14-26(20-12-6-4-10-17(18)20)15-22(28)27-13-7-9-16-8-3-5-11-19(16)27/h3-6,8,10-12,14H,2,7,9,13,15H2,1H3. The first-order valence-corrected chi connectivity index (χ1v) is 10.0. The molecule has 1 amide bonds. The van der Waals surface area contributed by atoms with Gasteiger partial charge >= 0.3 is 0 Å². The van der Waals surface area contributed by atoms with Crippen LogP contribution in [-0.4, -0.2) is 27.2 Å². The predicted molar refractivity (Wildman–Crippen MR) is 112 cm³/mol. The van der Waals surface area contributed by atoms with Gasteiger partial charge in [-0.3, -0.25) is 4.79 Å². The van der Waals surface area contributed by atoms with Gasteiger partial charge in [0.2, 0.25) is 17.7 Å². The van der Waals surface area contributed by atoms with Crippen LogP contribution in [0.15, 0.2) is 59.1 Å². The maximum absolute atomic E-state index is 13.2. The number of fused-ring (bicyclic) bond motifs is 2. The van der Waals surface area contributed by atoms with Crippen molar-refractivity contribution in [2.45, 2.75) is 32.7 Å². The second-order valence-corrected chi connectivity index (χ2v) is 7.32. The van der Waals surface area contributed by atoms with Crippen molar-refractivity contribution in [2.75, 3.05) is 11.4 Å². The molecule has 0 unspecified atom stereocenters. The summed E-state index contributed by atoms with van der Waals surface area (Å²) in [6, 6.07) is 16.2. The minimum atomic E-state index is 0.0872. The van der Waals surface area contributed by atoms with Crippen LogP contribution in [0.5, 0.6) is 0 Å². The highest BCUT2D eigenvalue weighted by Crippen LogP contribution is 2.31. The highest BCUT2D eigenvalue weighted by molar-refractivity contribution is 5.98. The predicted octanol–water partition coefficient (Wildman–Crippen LogP) is 4.23. The number of benzene rings is 2. The van der Waals surface area contributed by atoms with Gasteiger partial charge in [0.05, 0.1) is 5.56 Å². The Bertz CT molecular complexity index is 1190. The van der Waals surface area contributed by atoms with Crippen molar-refractivity contribution in [3.8, 4) is 11.5 Å². The van der Waals surface area contributed by atoms with Gasteiger partial charge in [-0.05, 0) is 30.5 Å². The van der Waals surface area contributed by atoms with E-state index in [0.29, 0.717) is 18.2 Å². The molecule has 3 heterocycles. The van der Waals surface area contributed by atoms with E-state index in [9.17, 15) is 4.79 Å².